The van der Waals surface area contributed by atoms with E-state index in [2.05, 4.69) is 57.2 Å². The van der Waals surface area contributed by atoms with Crippen molar-refractivity contribution in [2.45, 2.75) is 26.7 Å². The molecule has 0 saturated carbocycles. The second-order valence-corrected chi connectivity index (χ2v) is 4.80. The zero-order chi connectivity index (χ0) is 12.4. The molecule has 0 unspecified atom stereocenters. The lowest BCUT2D eigenvalue weighted by atomic mass is 9.93. The molecular formula is C16H17Cl. The van der Waals surface area contributed by atoms with Gasteiger partial charge in [-0.3, -0.25) is 0 Å². The first kappa shape index (κ1) is 12.2. The quantitative estimate of drug-likeness (QED) is 0.651. The second kappa shape index (κ2) is 4.93. The van der Waals surface area contributed by atoms with Gasteiger partial charge in [0.15, 0.2) is 0 Å². The van der Waals surface area contributed by atoms with Crippen molar-refractivity contribution in [3.05, 3.63) is 58.7 Å². The van der Waals surface area contributed by atoms with Crippen LogP contribution in [-0.2, 0) is 5.88 Å². The van der Waals surface area contributed by atoms with E-state index >= 15 is 0 Å². The summed E-state index contributed by atoms with van der Waals surface area (Å²) < 4.78 is 0. The summed E-state index contributed by atoms with van der Waals surface area (Å²) in [6, 6.07) is 12.9. The van der Waals surface area contributed by atoms with E-state index in [1.54, 1.807) is 0 Å². The number of rotatable bonds is 2. The highest BCUT2D eigenvalue weighted by Gasteiger charge is 2.07. The maximum absolute atomic E-state index is 5.91. The first-order valence-electron chi connectivity index (χ1n) is 5.85. The zero-order valence-electron chi connectivity index (χ0n) is 10.5. The third-order valence-corrected chi connectivity index (χ3v) is 3.66. The minimum absolute atomic E-state index is 0.568. The van der Waals surface area contributed by atoms with Gasteiger partial charge in [0.1, 0.15) is 0 Å². The number of alkyl halides is 1. The summed E-state index contributed by atoms with van der Waals surface area (Å²) in [5.41, 5.74) is 7.76. The molecule has 0 fully saturated rings. The Balaban J connectivity index is 2.63. The van der Waals surface area contributed by atoms with Crippen molar-refractivity contribution in [1.29, 1.82) is 0 Å². The largest absolute Gasteiger partial charge is 0.122 e. The molecular weight excluding hydrogens is 228 g/mol. The summed E-state index contributed by atoms with van der Waals surface area (Å²) in [7, 11) is 0. The standard InChI is InChI=1S/C16H17Cl/c1-11-5-4-6-15(13(11)3)16-9-14(10-17)8-7-12(16)2/h4-9H,10H2,1-3H3. The minimum atomic E-state index is 0.568. The predicted octanol–water partition coefficient (Wildman–Crippen LogP) is 5.02. The van der Waals surface area contributed by atoms with Gasteiger partial charge in [0.2, 0.25) is 0 Å². The lowest BCUT2D eigenvalue weighted by molar-refractivity contribution is 1.31. The molecule has 0 radical (unpaired) electrons. The molecule has 0 heterocycles. The molecule has 0 aliphatic carbocycles. The first-order chi connectivity index (χ1) is 8.13. The van der Waals surface area contributed by atoms with Crippen molar-refractivity contribution in [3.63, 3.8) is 0 Å². The van der Waals surface area contributed by atoms with Crippen molar-refractivity contribution >= 4 is 11.6 Å². The van der Waals surface area contributed by atoms with E-state index < -0.39 is 0 Å². The van der Waals surface area contributed by atoms with Crippen LogP contribution >= 0.6 is 11.6 Å². The number of halogens is 1. The predicted molar refractivity (Wildman–Crippen MR) is 75.6 cm³/mol. The number of benzene rings is 2. The van der Waals surface area contributed by atoms with Crippen LogP contribution in [0, 0.1) is 20.8 Å². The molecule has 2 aromatic carbocycles. The Hall–Kier alpha value is -1.27. The van der Waals surface area contributed by atoms with E-state index in [0.29, 0.717) is 5.88 Å². The van der Waals surface area contributed by atoms with E-state index in [-0.39, 0.29) is 0 Å². The van der Waals surface area contributed by atoms with Crippen LogP contribution < -0.4 is 0 Å². The fourth-order valence-corrected chi connectivity index (χ4v) is 2.25. The van der Waals surface area contributed by atoms with Crippen molar-refractivity contribution in [1.82, 2.24) is 0 Å². The normalized spacial score (nSPS) is 10.6. The van der Waals surface area contributed by atoms with Gasteiger partial charge < -0.3 is 0 Å². The van der Waals surface area contributed by atoms with Gasteiger partial charge in [0.25, 0.3) is 0 Å². The summed E-state index contributed by atoms with van der Waals surface area (Å²) in [6.07, 6.45) is 0. The molecule has 0 saturated heterocycles. The molecule has 0 amide bonds. The van der Waals surface area contributed by atoms with Crippen LogP contribution in [0.1, 0.15) is 22.3 Å². The van der Waals surface area contributed by atoms with Gasteiger partial charge in [-0.05, 0) is 60.2 Å². The molecule has 0 bridgehead atoms. The molecule has 0 nitrogen and oxygen atoms in total. The van der Waals surface area contributed by atoms with Crippen LogP contribution in [0.4, 0.5) is 0 Å². The van der Waals surface area contributed by atoms with Gasteiger partial charge >= 0.3 is 0 Å². The van der Waals surface area contributed by atoms with E-state index in [4.69, 9.17) is 11.6 Å². The molecule has 2 rings (SSSR count). The Bertz CT molecular complexity index is 541. The van der Waals surface area contributed by atoms with Gasteiger partial charge in [0.05, 0.1) is 0 Å². The molecule has 0 aromatic heterocycles. The maximum atomic E-state index is 5.91. The number of hydrogen-bond acceptors (Lipinski definition) is 0. The Morgan fingerprint density at radius 1 is 0.882 bits per heavy atom. The Labute approximate surface area is 108 Å². The number of aryl methyl sites for hydroxylation is 2. The third kappa shape index (κ3) is 2.37. The summed E-state index contributed by atoms with van der Waals surface area (Å²) in [4.78, 5) is 0. The van der Waals surface area contributed by atoms with Crippen LogP contribution in [0.15, 0.2) is 36.4 Å². The van der Waals surface area contributed by atoms with Crippen molar-refractivity contribution in [2.75, 3.05) is 0 Å². The van der Waals surface area contributed by atoms with Gasteiger partial charge in [-0.15, -0.1) is 11.6 Å². The summed E-state index contributed by atoms with van der Waals surface area (Å²) >= 11 is 5.91. The van der Waals surface area contributed by atoms with E-state index in [0.717, 1.165) is 0 Å². The summed E-state index contributed by atoms with van der Waals surface area (Å²) in [5.74, 6) is 0.568. The van der Waals surface area contributed by atoms with E-state index in [1.165, 1.54) is 33.4 Å². The SMILES string of the molecule is Cc1ccc(CCl)cc1-c1cccc(C)c1C. The Morgan fingerprint density at radius 2 is 1.65 bits per heavy atom. The molecule has 0 aliphatic heterocycles. The highest BCUT2D eigenvalue weighted by atomic mass is 35.5. The molecule has 0 spiro atoms. The lowest BCUT2D eigenvalue weighted by Gasteiger charge is -2.12. The third-order valence-electron chi connectivity index (χ3n) is 3.35. The molecule has 88 valence electrons. The van der Waals surface area contributed by atoms with Gasteiger partial charge in [0, 0.05) is 5.88 Å². The van der Waals surface area contributed by atoms with Crippen molar-refractivity contribution in [3.8, 4) is 11.1 Å². The van der Waals surface area contributed by atoms with Crippen LogP contribution in [0.5, 0.6) is 0 Å². The monoisotopic (exact) mass is 244 g/mol. The average molecular weight is 245 g/mol. The summed E-state index contributed by atoms with van der Waals surface area (Å²) in [5, 5.41) is 0. The van der Waals surface area contributed by atoms with Gasteiger partial charge in [-0.2, -0.15) is 0 Å². The molecule has 0 atom stereocenters. The highest BCUT2D eigenvalue weighted by molar-refractivity contribution is 6.17. The van der Waals surface area contributed by atoms with Crippen LogP contribution in [-0.4, -0.2) is 0 Å². The van der Waals surface area contributed by atoms with E-state index in [9.17, 15) is 0 Å². The number of hydrogen-bond donors (Lipinski definition) is 0. The topological polar surface area (TPSA) is 0 Å². The molecule has 1 heteroatoms. The highest BCUT2D eigenvalue weighted by Crippen LogP contribution is 2.29. The van der Waals surface area contributed by atoms with Gasteiger partial charge in [-0.1, -0.05) is 30.3 Å². The lowest BCUT2D eigenvalue weighted by Crippen LogP contribution is -1.91. The molecule has 17 heavy (non-hydrogen) atoms. The van der Waals surface area contributed by atoms with Crippen LogP contribution in [0.2, 0.25) is 0 Å². The Kier molecular flexibility index (Phi) is 3.54. The second-order valence-electron chi connectivity index (χ2n) is 4.53. The van der Waals surface area contributed by atoms with Crippen LogP contribution in [0.25, 0.3) is 11.1 Å². The molecule has 0 N–H and O–H groups in total. The molecule has 0 aliphatic rings. The summed E-state index contributed by atoms with van der Waals surface area (Å²) in [6.45, 7) is 6.48. The van der Waals surface area contributed by atoms with Crippen molar-refractivity contribution < 1.29 is 0 Å². The first-order valence-corrected chi connectivity index (χ1v) is 6.39. The molecule has 2 aromatic rings. The van der Waals surface area contributed by atoms with Crippen molar-refractivity contribution in [2.24, 2.45) is 0 Å². The minimum Gasteiger partial charge on any atom is -0.122 e. The maximum Gasteiger partial charge on any atom is 0.0474 e. The fourth-order valence-electron chi connectivity index (χ4n) is 2.09. The van der Waals surface area contributed by atoms with E-state index in [1.807, 2.05) is 0 Å². The fraction of sp³-hybridized carbons (Fsp3) is 0.250. The zero-order valence-corrected chi connectivity index (χ0v) is 11.3. The Morgan fingerprint density at radius 3 is 2.35 bits per heavy atom. The smallest absolute Gasteiger partial charge is 0.0474 e. The van der Waals surface area contributed by atoms with Crippen LogP contribution in [0.3, 0.4) is 0 Å². The average Bonchev–Trinajstić information content (AvgIpc) is 2.34. The van der Waals surface area contributed by atoms with Gasteiger partial charge in [-0.25, -0.2) is 0 Å².